The van der Waals surface area contributed by atoms with Gasteiger partial charge in [0.25, 0.3) is 0 Å². The standard InChI is InChI=1S/C19H20O7/c1-23-15-6-5-11(8-14(15)20)7-13(19(21)22)12-9-16(24-2)18(26-4)17(10-12)25-3/h5-10,20H,1-4H3,(H,21,22)/b13-7+. The van der Waals surface area contributed by atoms with Crippen LogP contribution in [0.4, 0.5) is 0 Å². The Morgan fingerprint density at radius 1 is 0.885 bits per heavy atom. The lowest BCUT2D eigenvalue weighted by Crippen LogP contribution is -2.02. The third-order valence-corrected chi connectivity index (χ3v) is 3.72. The maximum absolute atomic E-state index is 11.8. The summed E-state index contributed by atoms with van der Waals surface area (Å²) in [7, 11) is 5.80. The molecule has 138 valence electrons. The zero-order valence-corrected chi connectivity index (χ0v) is 14.9. The highest BCUT2D eigenvalue weighted by Crippen LogP contribution is 2.40. The van der Waals surface area contributed by atoms with Crippen molar-refractivity contribution in [3.63, 3.8) is 0 Å². The molecule has 7 heteroatoms. The number of phenolic OH excluding ortho intramolecular Hbond substituents is 1. The summed E-state index contributed by atoms with van der Waals surface area (Å²) in [5, 5.41) is 19.5. The highest BCUT2D eigenvalue weighted by molar-refractivity contribution is 6.20. The fourth-order valence-corrected chi connectivity index (χ4v) is 2.47. The molecule has 0 aliphatic heterocycles. The van der Waals surface area contributed by atoms with Crippen molar-refractivity contribution < 1.29 is 34.0 Å². The van der Waals surface area contributed by atoms with E-state index in [1.807, 2.05) is 0 Å². The summed E-state index contributed by atoms with van der Waals surface area (Å²) in [5.74, 6) is 0.112. The molecule has 0 atom stereocenters. The highest BCUT2D eigenvalue weighted by Gasteiger charge is 2.18. The van der Waals surface area contributed by atoms with Crippen LogP contribution < -0.4 is 18.9 Å². The monoisotopic (exact) mass is 360 g/mol. The van der Waals surface area contributed by atoms with Crippen LogP contribution in [0.2, 0.25) is 0 Å². The lowest BCUT2D eigenvalue weighted by Gasteiger charge is -2.14. The third kappa shape index (κ3) is 3.83. The van der Waals surface area contributed by atoms with Gasteiger partial charge in [0.05, 0.1) is 34.0 Å². The minimum atomic E-state index is -1.14. The average Bonchev–Trinajstić information content (AvgIpc) is 2.64. The summed E-state index contributed by atoms with van der Waals surface area (Å²) in [6, 6.07) is 7.70. The first-order valence-electron chi connectivity index (χ1n) is 7.57. The molecule has 2 rings (SSSR count). The molecule has 2 aromatic rings. The lowest BCUT2D eigenvalue weighted by atomic mass is 10.0. The van der Waals surface area contributed by atoms with Crippen LogP contribution in [-0.4, -0.2) is 44.6 Å². The Morgan fingerprint density at radius 2 is 1.46 bits per heavy atom. The van der Waals surface area contributed by atoms with Crippen molar-refractivity contribution in [1.82, 2.24) is 0 Å². The second-order valence-corrected chi connectivity index (χ2v) is 5.21. The van der Waals surface area contributed by atoms with Gasteiger partial charge in [0.15, 0.2) is 23.0 Å². The van der Waals surface area contributed by atoms with Crippen molar-refractivity contribution in [2.75, 3.05) is 28.4 Å². The van der Waals surface area contributed by atoms with E-state index in [4.69, 9.17) is 18.9 Å². The number of carbonyl (C=O) groups is 1. The average molecular weight is 360 g/mol. The largest absolute Gasteiger partial charge is 0.504 e. The van der Waals surface area contributed by atoms with E-state index in [9.17, 15) is 15.0 Å². The molecule has 0 fully saturated rings. The van der Waals surface area contributed by atoms with Gasteiger partial charge in [-0.05, 0) is 41.5 Å². The maximum atomic E-state index is 11.8. The van der Waals surface area contributed by atoms with Gasteiger partial charge in [-0.15, -0.1) is 0 Å². The fourth-order valence-electron chi connectivity index (χ4n) is 2.47. The highest BCUT2D eigenvalue weighted by atomic mass is 16.5. The van der Waals surface area contributed by atoms with Crippen LogP contribution in [0.25, 0.3) is 11.6 Å². The number of aromatic hydroxyl groups is 1. The molecule has 26 heavy (non-hydrogen) atoms. The molecule has 0 radical (unpaired) electrons. The molecular formula is C19H20O7. The quantitative estimate of drug-likeness (QED) is 0.579. The predicted molar refractivity (Wildman–Crippen MR) is 96.3 cm³/mol. The van der Waals surface area contributed by atoms with Crippen molar-refractivity contribution in [1.29, 1.82) is 0 Å². The van der Waals surface area contributed by atoms with Gasteiger partial charge in [0.1, 0.15) is 0 Å². The van der Waals surface area contributed by atoms with E-state index in [0.717, 1.165) is 0 Å². The van der Waals surface area contributed by atoms with E-state index in [1.54, 1.807) is 24.3 Å². The molecule has 0 aliphatic rings. The summed E-state index contributed by atoms with van der Waals surface area (Å²) in [5.41, 5.74) is 0.852. The van der Waals surface area contributed by atoms with E-state index in [1.165, 1.54) is 40.6 Å². The molecule has 7 nitrogen and oxygen atoms in total. The number of carboxylic acids is 1. The van der Waals surface area contributed by atoms with Crippen LogP contribution >= 0.6 is 0 Å². The van der Waals surface area contributed by atoms with Gasteiger partial charge >= 0.3 is 5.97 Å². The number of carboxylic acid groups (broad SMARTS) is 1. The maximum Gasteiger partial charge on any atom is 0.336 e. The van der Waals surface area contributed by atoms with Crippen LogP contribution in [0.5, 0.6) is 28.7 Å². The summed E-state index contributed by atoms with van der Waals surface area (Å²) in [4.78, 5) is 11.8. The number of methoxy groups -OCH3 is 4. The van der Waals surface area contributed by atoms with Crippen molar-refractivity contribution in [3.8, 4) is 28.7 Å². The first-order chi connectivity index (χ1) is 12.4. The van der Waals surface area contributed by atoms with Gasteiger partial charge in [0.2, 0.25) is 5.75 Å². The van der Waals surface area contributed by atoms with Crippen LogP contribution in [0.15, 0.2) is 30.3 Å². The molecule has 0 aliphatic carbocycles. The van der Waals surface area contributed by atoms with Gasteiger partial charge in [-0.3, -0.25) is 0 Å². The molecule has 2 N–H and O–H groups in total. The molecule has 0 amide bonds. The van der Waals surface area contributed by atoms with Gasteiger partial charge in [-0.2, -0.15) is 0 Å². The SMILES string of the molecule is COc1ccc(/C=C(/C(=O)O)c2cc(OC)c(OC)c(OC)c2)cc1O. The number of hydrogen-bond acceptors (Lipinski definition) is 6. The van der Waals surface area contributed by atoms with Crippen molar-refractivity contribution in [3.05, 3.63) is 41.5 Å². The number of rotatable bonds is 7. The summed E-state index contributed by atoms with van der Waals surface area (Å²) >= 11 is 0. The number of ether oxygens (including phenoxy) is 4. The second kappa shape index (κ2) is 8.15. The van der Waals surface area contributed by atoms with Gasteiger partial charge in [-0.1, -0.05) is 6.07 Å². The smallest absolute Gasteiger partial charge is 0.336 e. The molecule has 0 spiro atoms. The molecule has 0 aromatic heterocycles. The number of hydrogen-bond donors (Lipinski definition) is 2. The number of phenols is 1. The first-order valence-corrected chi connectivity index (χ1v) is 7.57. The van der Waals surface area contributed by atoms with E-state index in [0.29, 0.717) is 34.1 Å². The van der Waals surface area contributed by atoms with Gasteiger partial charge < -0.3 is 29.2 Å². The summed E-state index contributed by atoms with van der Waals surface area (Å²) < 4.78 is 20.8. The lowest BCUT2D eigenvalue weighted by molar-refractivity contribution is -0.130. The van der Waals surface area contributed by atoms with E-state index < -0.39 is 5.97 Å². The van der Waals surface area contributed by atoms with Crippen molar-refractivity contribution >= 4 is 17.6 Å². The van der Waals surface area contributed by atoms with Crippen molar-refractivity contribution in [2.24, 2.45) is 0 Å². The first kappa shape index (κ1) is 19.0. The van der Waals surface area contributed by atoms with Gasteiger partial charge in [-0.25, -0.2) is 4.79 Å². The Labute approximate surface area is 151 Å². The molecule has 0 saturated heterocycles. The Hall–Kier alpha value is -3.35. The fraction of sp³-hybridized carbons (Fsp3) is 0.211. The van der Waals surface area contributed by atoms with Gasteiger partial charge in [0, 0.05) is 0 Å². The van der Waals surface area contributed by atoms with Crippen molar-refractivity contribution in [2.45, 2.75) is 0 Å². The molecule has 0 unspecified atom stereocenters. The Kier molecular flexibility index (Phi) is 5.95. The minimum absolute atomic E-state index is 0.00572. The molecule has 0 heterocycles. The van der Waals surface area contributed by atoms with Crippen LogP contribution in [0.1, 0.15) is 11.1 Å². The predicted octanol–water partition coefficient (Wildman–Crippen LogP) is 3.05. The normalized spacial score (nSPS) is 11.0. The number of aliphatic carboxylic acids is 1. The summed E-state index contributed by atoms with van der Waals surface area (Å²) in [6.07, 6.45) is 1.43. The Balaban J connectivity index is 2.60. The topological polar surface area (TPSA) is 94.5 Å². The van der Waals surface area contributed by atoms with Crippen LogP contribution in [-0.2, 0) is 4.79 Å². The Bertz CT molecular complexity index is 815. The zero-order valence-electron chi connectivity index (χ0n) is 14.9. The van der Waals surface area contributed by atoms with E-state index >= 15 is 0 Å². The van der Waals surface area contributed by atoms with E-state index in [-0.39, 0.29) is 11.3 Å². The summed E-state index contributed by atoms with van der Waals surface area (Å²) in [6.45, 7) is 0. The Morgan fingerprint density at radius 3 is 1.88 bits per heavy atom. The molecular weight excluding hydrogens is 340 g/mol. The number of benzene rings is 2. The second-order valence-electron chi connectivity index (χ2n) is 5.21. The van der Waals surface area contributed by atoms with Crippen LogP contribution in [0, 0.1) is 0 Å². The third-order valence-electron chi connectivity index (χ3n) is 3.72. The van der Waals surface area contributed by atoms with Crippen LogP contribution in [0.3, 0.4) is 0 Å². The molecule has 0 bridgehead atoms. The van der Waals surface area contributed by atoms with E-state index in [2.05, 4.69) is 0 Å². The minimum Gasteiger partial charge on any atom is -0.504 e. The zero-order chi connectivity index (χ0) is 19.3. The molecule has 2 aromatic carbocycles. The molecule has 0 saturated carbocycles.